The van der Waals surface area contributed by atoms with Crippen molar-refractivity contribution in [1.82, 2.24) is 20.2 Å². The average molecular weight is 456 g/mol. The lowest BCUT2D eigenvalue weighted by atomic mass is 9.76. The molecule has 0 spiro atoms. The summed E-state index contributed by atoms with van der Waals surface area (Å²) in [5, 5.41) is 22.4. The van der Waals surface area contributed by atoms with Gasteiger partial charge in [0.05, 0.1) is 12.1 Å². The summed E-state index contributed by atoms with van der Waals surface area (Å²) in [6, 6.07) is 20.6. The second-order valence-electron chi connectivity index (χ2n) is 8.58. The van der Waals surface area contributed by atoms with Crippen LogP contribution >= 0.6 is 0 Å². The first-order valence-electron chi connectivity index (χ1n) is 11.4. The van der Waals surface area contributed by atoms with E-state index in [1.54, 1.807) is 10.9 Å². The van der Waals surface area contributed by atoms with E-state index in [2.05, 4.69) is 51.5 Å². The molecule has 2 heterocycles. The minimum Gasteiger partial charge on any atom is -0.508 e. The van der Waals surface area contributed by atoms with Crippen LogP contribution in [0.25, 0.3) is 12.2 Å². The van der Waals surface area contributed by atoms with Gasteiger partial charge in [0.1, 0.15) is 11.6 Å². The Hall–Kier alpha value is -4.00. The van der Waals surface area contributed by atoms with Gasteiger partial charge in [-0.3, -0.25) is 0 Å². The van der Waals surface area contributed by atoms with Crippen molar-refractivity contribution < 1.29 is 9.50 Å². The van der Waals surface area contributed by atoms with E-state index in [4.69, 9.17) is 0 Å². The van der Waals surface area contributed by atoms with Gasteiger partial charge in [0.15, 0.2) is 5.82 Å². The molecule has 0 bridgehead atoms. The summed E-state index contributed by atoms with van der Waals surface area (Å²) in [6.07, 6.45) is 4.61. The van der Waals surface area contributed by atoms with Gasteiger partial charge < -0.3 is 10.0 Å². The number of aryl methyl sites for hydroxylation is 1. The largest absolute Gasteiger partial charge is 0.508 e. The highest BCUT2D eigenvalue weighted by Crippen LogP contribution is 2.44. The van der Waals surface area contributed by atoms with Crippen LogP contribution in [0.1, 0.15) is 41.9 Å². The first-order valence-corrected chi connectivity index (χ1v) is 11.4. The molecule has 5 rings (SSSR count). The van der Waals surface area contributed by atoms with Crippen molar-refractivity contribution in [2.75, 3.05) is 11.4 Å². The number of nitrogens with zero attached hydrogens (tertiary/aromatic N) is 5. The minimum atomic E-state index is -0.493. The molecule has 0 saturated heterocycles. The number of tetrazole rings is 1. The van der Waals surface area contributed by atoms with Crippen LogP contribution in [0, 0.1) is 5.82 Å². The van der Waals surface area contributed by atoms with E-state index in [0.717, 1.165) is 40.9 Å². The summed E-state index contributed by atoms with van der Waals surface area (Å²) < 4.78 is 13.6. The fourth-order valence-electron chi connectivity index (χ4n) is 4.73. The van der Waals surface area contributed by atoms with Gasteiger partial charge in [-0.25, -0.2) is 4.39 Å². The van der Waals surface area contributed by atoms with Crippen LogP contribution in [0.15, 0.2) is 66.7 Å². The number of benzene rings is 3. The number of rotatable bonds is 5. The molecule has 0 saturated carbocycles. The Balaban J connectivity index is 1.53. The van der Waals surface area contributed by atoms with Crippen LogP contribution in [-0.4, -0.2) is 31.9 Å². The molecular weight excluding hydrogens is 429 g/mol. The number of phenols is 1. The number of halogens is 1. The van der Waals surface area contributed by atoms with Gasteiger partial charge in [-0.15, -0.1) is 10.2 Å². The predicted octanol–water partition coefficient (Wildman–Crippen LogP) is 5.03. The zero-order valence-corrected chi connectivity index (χ0v) is 19.2. The molecule has 1 unspecified atom stereocenters. The van der Waals surface area contributed by atoms with Crippen LogP contribution in [0.4, 0.5) is 10.1 Å². The Labute approximate surface area is 198 Å². The van der Waals surface area contributed by atoms with Gasteiger partial charge in [-0.05, 0) is 90.2 Å². The topological polar surface area (TPSA) is 67.1 Å². The number of hydrogen-bond donors (Lipinski definition) is 1. The number of phenolic OH excluding ortho intramolecular Hbond substituents is 1. The van der Waals surface area contributed by atoms with Crippen LogP contribution in [0.2, 0.25) is 0 Å². The summed E-state index contributed by atoms with van der Waals surface area (Å²) in [7, 11) is 0. The quantitative estimate of drug-likeness (QED) is 0.457. The van der Waals surface area contributed by atoms with E-state index in [9.17, 15) is 9.50 Å². The minimum absolute atomic E-state index is 0.252. The van der Waals surface area contributed by atoms with E-state index >= 15 is 0 Å². The fraction of sp³-hybridized carbons (Fsp3) is 0.222. The molecule has 0 fully saturated rings. The van der Waals surface area contributed by atoms with Crippen molar-refractivity contribution >= 4 is 17.8 Å². The molecule has 0 aliphatic carbocycles. The van der Waals surface area contributed by atoms with E-state index in [1.807, 2.05) is 43.3 Å². The molecule has 3 aromatic carbocycles. The summed E-state index contributed by atoms with van der Waals surface area (Å²) in [5.41, 5.74) is 4.84. The smallest absolute Gasteiger partial charge is 0.197 e. The molecule has 34 heavy (non-hydrogen) atoms. The Morgan fingerprint density at radius 1 is 1.03 bits per heavy atom. The third-order valence-electron chi connectivity index (χ3n) is 6.54. The number of anilines is 1. The van der Waals surface area contributed by atoms with Crippen molar-refractivity contribution in [3.8, 4) is 5.75 Å². The standard InChI is InChI=1S/C27H26FN5O/c1-3-33-30-26(29-31-33)15-6-19-4-7-21(8-5-19)27(2)25-14-13-24(34)18-20(25)16-17-32(27)23-11-9-22(28)10-12-23/h4-15,18,34H,3,16-17H2,1-2H3/b15-6+. The molecule has 1 aliphatic heterocycles. The molecule has 1 aliphatic rings. The molecule has 1 atom stereocenters. The third-order valence-corrected chi connectivity index (χ3v) is 6.54. The van der Waals surface area contributed by atoms with Gasteiger partial charge in [-0.1, -0.05) is 36.4 Å². The van der Waals surface area contributed by atoms with E-state index in [1.165, 1.54) is 12.1 Å². The van der Waals surface area contributed by atoms with E-state index in [0.29, 0.717) is 12.4 Å². The molecule has 1 N–H and O–H groups in total. The SMILES string of the molecule is CCn1nnc(/C=C/c2ccc(C3(C)c4ccc(O)cc4CCN3c3ccc(F)cc3)cc2)n1. The summed E-state index contributed by atoms with van der Waals surface area (Å²) in [4.78, 5) is 3.86. The average Bonchev–Trinajstić information content (AvgIpc) is 3.32. The highest BCUT2D eigenvalue weighted by atomic mass is 19.1. The Kier molecular flexibility index (Phi) is 5.61. The molecule has 172 valence electrons. The Bertz CT molecular complexity index is 1330. The van der Waals surface area contributed by atoms with Gasteiger partial charge in [0.25, 0.3) is 0 Å². The lowest BCUT2D eigenvalue weighted by Crippen LogP contribution is -2.49. The van der Waals surface area contributed by atoms with Gasteiger partial charge in [0.2, 0.25) is 0 Å². The molecule has 0 radical (unpaired) electrons. The van der Waals surface area contributed by atoms with E-state index < -0.39 is 5.54 Å². The van der Waals surface area contributed by atoms with Crippen molar-refractivity contribution in [2.24, 2.45) is 0 Å². The first-order chi connectivity index (χ1) is 16.5. The molecule has 1 aromatic heterocycles. The van der Waals surface area contributed by atoms with Gasteiger partial charge in [0, 0.05) is 12.2 Å². The highest BCUT2D eigenvalue weighted by Gasteiger charge is 2.40. The predicted molar refractivity (Wildman–Crippen MR) is 131 cm³/mol. The maximum atomic E-state index is 13.6. The number of hydrogen-bond acceptors (Lipinski definition) is 5. The molecule has 7 heteroatoms. The van der Waals surface area contributed by atoms with E-state index in [-0.39, 0.29) is 11.6 Å². The Morgan fingerprint density at radius 2 is 1.79 bits per heavy atom. The lowest BCUT2D eigenvalue weighted by Gasteiger charge is -2.48. The van der Waals surface area contributed by atoms with Crippen LogP contribution < -0.4 is 4.90 Å². The normalized spacial score (nSPS) is 17.8. The zero-order chi connectivity index (χ0) is 23.7. The van der Waals surface area contributed by atoms with Gasteiger partial charge >= 0.3 is 0 Å². The molecular formula is C27H26FN5O. The zero-order valence-electron chi connectivity index (χ0n) is 19.2. The maximum Gasteiger partial charge on any atom is 0.197 e. The fourth-order valence-corrected chi connectivity index (χ4v) is 4.73. The molecule has 0 amide bonds. The second kappa shape index (κ2) is 8.74. The van der Waals surface area contributed by atoms with Crippen LogP contribution in [0.3, 0.4) is 0 Å². The third kappa shape index (κ3) is 3.94. The van der Waals surface area contributed by atoms with Crippen LogP contribution in [-0.2, 0) is 18.5 Å². The highest BCUT2D eigenvalue weighted by molar-refractivity contribution is 5.67. The van der Waals surface area contributed by atoms with Crippen molar-refractivity contribution in [3.05, 3.63) is 101 Å². The van der Waals surface area contributed by atoms with Crippen molar-refractivity contribution in [1.29, 1.82) is 0 Å². The number of aromatic nitrogens is 4. The summed E-state index contributed by atoms with van der Waals surface area (Å²) in [5.74, 6) is 0.587. The Morgan fingerprint density at radius 3 is 2.50 bits per heavy atom. The second-order valence-corrected chi connectivity index (χ2v) is 8.58. The van der Waals surface area contributed by atoms with Crippen LogP contribution in [0.5, 0.6) is 5.75 Å². The van der Waals surface area contributed by atoms with Crippen molar-refractivity contribution in [2.45, 2.75) is 32.4 Å². The molecule has 6 nitrogen and oxygen atoms in total. The summed E-state index contributed by atoms with van der Waals surface area (Å²) >= 11 is 0. The molecule has 4 aromatic rings. The lowest BCUT2D eigenvalue weighted by molar-refractivity contribution is 0.463. The van der Waals surface area contributed by atoms with Gasteiger partial charge in [-0.2, -0.15) is 4.80 Å². The summed E-state index contributed by atoms with van der Waals surface area (Å²) in [6.45, 7) is 5.58. The monoisotopic (exact) mass is 455 g/mol. The first kappa shape index (κ1) is 21.8. The number of aromatic hydroxyl groups is 1. The maximum absolute atomic E-state index is 13.6. The van der Waals surface area contributed by atoms with Crippen molar-refractivity contribution in [3.63, 3.8) is 0 Å². The number of fused-ring (bicyclic) bond motifs is 1.